The molecule has 0 aromatic carbocycles. The van der Waals surface area contributed by atoms with E-state index in [9.17, 15) is 5.02 Å². The first-order valence-corrected chi connectivity index (χ1v) is 6.59. The van der Waals surface area contributed by atoms with Gasteiger partial charge in [-0.05, 0) is 34.6 Å². The van der Waals surface area contributed by atoms with Crippen LogP contribution in [0.5, 0.6) is 0 Å². The highest BCUT2D eigenvalue weighted by molar-refractivity contribution is 6.47. The Balaban J connectivity index is 2.05. The number of hydrogen-bond donors (Lipinski definition) is 2. The summed E-state index contributed by atoms with van der Waals surface area (Å²) in [5.74, 6) is 0.620. The number of rotatable bonds is 3. The van der Waals surface area contributed by atoms with Crippen molar-refractivity contribution in [1.29, 1.82) is 0 Å². The van der Waals surface area contributed by atoms with E-state index in [1.807, 2.05) is 12.4 Å². The smallest absolute Gasteiger partial charge is 0.524 e. The molecule has 0 aromatic rings. The second-order valence-electron chi connectivity index (χ2n) is 6.63. The second-order valence-corrected chi connectivity index (χ2v) is 6.63. The van der Waals surface area contributed by atoms with Gasteiger partial charge in [0, 0.05) is 18.9 Å². The molecule has 0 aliphatic carbocycles. The van der Waals surface area contributed by atoms with Gasteiger partial charge in [-0.3, -0.25) is 10.0 Å². The second kappa shape index (κ2) is 4.72. The Morgan fingerprint density at radius 2 is 2.11 bits per heavy atom. The highest BCUT2D eigenvalue weighted by Gasteiger charge is 2.39. The lowest BCUT2D eigenvalue weighted by Crippen LogP contribution is -2.55. The van der Waals surface area contributed by atoms with Crippen LogP contribution in [0.3, 0.4) is 0 Å². The van der Waals surface area contributed by atoms with Crippen molar-refractivity contribution in [2.24, 2.45) is 10.4 Å². The van der Waals surface area contributed by atoms with E-state index < -0.39 is 7.12 Å². The summed E-state index contributed by atoms with van der Waals surface area (Å²) in [4.78, 5) is 4.27. The van der Waals surface area contributed by atoms with Crippen molar-refractivity contribution < 1.29 is 9.68 Å². The van der Waals surface area contributed by atoms with Gasteiger partial charge in [-0.15, -0.1) is 5.12 Å². The summed E-state index contributed by atoms with van der Waals surface area (Å²) in [6.45, 7) is 11.3. The van der Waals surface area contributed by atoms with Crippen LogP contribution in [0.25, 0.3) is 0 Å². The predicted molar refractivity (Wildman–Crippen MR) is 75.7 cm³/mol. The molecule has 0 bridgehead atoms. The van der Waals surface area contributed by atoms with Crippen LogP contribution in [0.1, 0.15) is 34.6 Å². The van der Waals surface area contributed by atoms with E-state index in [4.69, 9.17) is 4.65 Å². The Morgan fingerprint density at radius 1 is 1.42 bits per heavy atom. The molecule has 7 heteroatoms. The molecule has 0 saturated carbocycles. The maximum atomic E-state index is 9.42. The first-order chi connectivity index (χ1) is 8.70. The van der Waals surface area contributed by atoms with Crippen molar-refractivity contribution >= 4 is 13.0 Å². The molecule has 6 nitrogen and oxygen atoms in total. The fraction of sp³-hybridized carbons (Fsp3) is 0.750. The summed E-state index contributed by atoms with van der Waals surface area (Å²) in [5, 5.41) is 13.6. The third-order valence-corrected chi connectivity index (χ3v) is 3.11. The number of nitrogens with zero attached hydrogens (tertiary/aromatic N) is 3. The molecular formula is C12H23BN4O2. The Morgan fingerprint density at radius 3 is 2.63 bits per heavy atom. The van der Waals surface area contributed by atoms with Gasteiger partial charge in [-0.1, -0.05) is 0 Å². The molecule has 0 saturated heterocycles. The fourth-order valence-corrected chi connectivity index (χ4v) is 2.24. The maximum Gasteiger partial charge on any atom is 0.546 e. The van der Waals surface area contributed by atoms with Gasteiger partial charge in [0.15, 0.2) is 5.90 Å². The molecule has 0 spiro atoms. The van der Waals surface area contributed by atoms with Crippen molar-refractivity contribution in [3.05, 3.63) is 12.4 Å². The van der Waals surface area contributed by atoms with E-state index in [0.717, 1.165) is 6.54 Å². The lowest BCUT2D eigenvalue weighted by molar-refractivity contribution is -0.0811. The van der Waals surface area contributed by atoms with Crippen LogP contribution in [-0.4, -0.2) is 46.7 Å². The minimum absolute atomic E-state index is 0.0303. The number of hydrogen-bond acceptors (Lipinski definition) is 6. The van der Waals surface area contributed by atoms with E-state index in [1.54, 1.807) is 0 Å². The molecule has 2 rings (SSSR count). The highest BCUT2D eigenvalue weighted by atomic mass is 16.5. The van der Waals surface area contributed by atoms with Crippen LogP contribution in [-0.2, 0) is 4.65 Å². The molecular weight excluding hydrogens is 243 g/mol. The molecule has 106 valence electrons. The van der Waals surface area contributed by atoms with Crippen LogP contribution in [0.15, 0.2) is 17.4 Å². The number of hydrazine groups is 2. The average molecular weight is 266 g/mol. The molecule has 2 aliphatic heterocycles. The van der Waals surface area contributed by atoms with Crippen LogP contribution in [0.2, 0.25) is 0 Å². The first kappa shape index (κ1) is 14.2. The van der Waals surface area contributed by atoms with E-state index >= 15 is 0 Å². The molecule has 0 unspecified atom stereocenters. The SMILES string of the molecule is CC(C)(CN1C=CNN1C(C)(C)C)C1=NCB(O)O1. The summed E-state index contributed by atoms with van der Waals surface area (Å²) in [7, 11) is -0.791. The Hall–Kier alpha value is -1.21. The van der Waals surface area contributed by atoms with E-state index in [0.29, 0.717) is 12.3 Å². The molecule has 0 radical (unpaired) electrons. The van der Waals surface area contributed by atoms with Gasteiger partial charge in [0.1, 0.15) is 0 Å². The van der Waals surface area contributed by atoms with Crippen molar-refractivity contribution in [3.63, 3.8) is 0 Å². The normalized spacial score (nSPS) is 20.6. The van der Waals surface area contributed by atoms with Crippen LogP contribution < -0.4 is 5.43 Å². The topological polar surface area (TPSA) is 60.3 Å². The van der Waals surface area contributed by atoms with Crippen LogP contribution in [0.4, 0.5) is 0 Å². The zero-order valence-corrected chi connectivity index (χ0v) is 12.3. The summed E-state index contributed by atoms with van der Waals surface area (Å²) >= 11 is 0. The zero-order chi connectivity index (χ0) is 14.3. The monoisotopic (exact) mass is 266 g/mol. The Labute approximate surface area is 115 Å². The average Bonchev–Trinajstić information content (AvgIpc) is 2.85. The van der Waals surface area contributed by atoms with Crippen LogP contribution in [0, 0.1) is 5.41 Å². The first-order valence-electron chi connectivity index (χ1n) is 6.59. The molecule has 19 heavy (non-hydrogen) atoms. The summed E-state index contributed by atoms with van der Waals surface area (Å²) in [6, 6.07) is 0. The van der Waals surface area contributed by atoms with Gasteiger partial charge in [0.2, 0.25) is 0 Å². The van der Waals surface area contributed by atoms with Gasteiger partial charge in [0.05, 0.1) is 17.4 Å². The molecule has 2 N–H and O–H groups in total. The van der Waals surface area contributed by atoms with Crippen molar-refractivity contribution in [2.45, 2.75) is 40.2 Å². The molecule has 0 amide bonds. The highest BCUT2D eigenvalue weighted by Crippen LogP contribution is 2.27. The standard InChI is InChI=1S/C12H23BN4O2/c1-11(2,3)17-15-6-7-16(17)8-12(4,5)10-14-9-13(18)19-10/h6-7,15,18H,8-9H2,1-5H3. The van der Waals surface area contributed by atoms with Crippen molar-refractivity contribution in [2.75, 3.05) is 13.0 Å². The van der Waals surface area contributed by atoms with Gasteiger partial charge in [0.25, 0.3) is 0 Å². The minimum atomic E-state index is -0.791. The number of aliphatic imine (C=N–C) groups is 1. The Bertz CT molecular complexity index is 403. The van der Waals surface area contributed by atoms with Gasteiger partial charge in [-0.2, -0.15) is 0 Å². The van der Waals surface area contributed by atoms with E-state index in [-0.39, 0.29) is 11.0 Å². The molecule has 0 aromatic heterocycles. The largest absolute Gasteiger partial charge is 0.546 e. The molecule has 0 fully saturated rings. The van der Waals surface area contributed by atoms with Gasteiger partial charge in [-0.25, -0.2) is 0 Å². The molecule has 2 aliphatic rings. The lowest BCUT2D eigenvalue weighted by atomic mass is 9.91. The predicted octanol–water partition coefficient (Wildman–Crippen LogP) is 0.768. The number of nitrogens with one attached hydrogen (secondary N) is 1. The minimum Gasteiger partial charge on any atom is -0.524 e. The van der Waals surface area contributed by atoms with E-state index in [2.05, 4.69) is 55.2 Å². The Kier molecular flexibility index (Phi) is 3.53. The van der Waals surface area contributed by atoms with Crippen molar-refractivity contribution in [3.8, 4) is 0 Å². The van der Waals surface area contributed by atoms with Gasteiger partial charge >= 0.3 is 7.12 Å². The molecule has 2 heterocycles. The lowest BCUT2D eigenvalue weighted by Gasteiger charge is -2.41. The van der Waals surface area contributed by atoms with Gasteiger partial charge < -0.3 is 15.1 Å². The quantitative estimate of drug-likeness (QED) is 0.739. The fourth-order valence-electron chi connectivity index (χ4n) is 2.24. The third-order valence-electron chi connectivity index (χ3n) is 3.11. The zero-order valence-electron chi connectivity index (χ0n) is 12.3. The summed E-state index contributed by atoms with van der Waals surface area (Å²) in [6.07, 6.45) is 4.24. The molecule has 0 atom stereocenters. The maximum absolute atomic E-state index is 9.42. The third kappa shape index (κ3) is 3.04. The van der Waals surface area contributed by atoms with Crippen LogP contribution >= 0.6 is 0 Å². The van der Waals surface area contributed by atoms with E-state index in [1.165, 1.54) is 0 Å². The summed E-state index contributed by atoms with van der Waals surface area (Å²) < 4.78 is 5.37. The van der Waals surface area contributed by atoms with Crippen molar-refractivity contribution in [1.82, 2.24) is 15.6 Å². The summed E-state index contributed by atoms with van der Waals surface area (Å²) in [5.41, 5.74) is 2.92.